The Balaban J connectivity index is 2.17. The van der Waals surface area contributed by atoms with E-state index in [2.05, 4.69) is 40.7 Å². The lowest BCUT2D eigenvalue weighted by Gasteiger charge is -2.27. The maximum atomic E-state index is 9.38. The van der Waals surface area contributed by atoms with Crippen molar-refractivity contribution in [3.63, 3.8) is 0 Å². The van der Waals surface area contributed by atoms with Gasteiger partial charge in [-0.2, -0.15) is 0 Å². The third-order valence-corrected chi connectivity index (χ3v) is 3.57. The van der Waals surface area contributed by atoms with E-state index in [1.807, 2.05) is 19.3 Å². The van der Waals surface area contributed by atoms with Gasteiger partial charge in [-0.25, -0.2) is 4.98 Å². The van der Waals surface area contributed by atoms with Crippen LogP contribution in [0.4, 0.5) is 0 Å². The molecule has 4 heteroatoms. The molecule has 98 valence electrons. The van der Waals surface area contributed by atoms with Crippen LogP contribution in [0.1, 0.15) is 31.5 Å². The maximum absolute atomic E-state index is 9.38. The Morgan fingerprint density at radius 2 is 2.28 bits per heavy atom. The number of hydrogen-bond donors (Lipinski definition) is 2. The number of aryl methyl sites for hydroxylation is 1. The van der Waals surface area contributed by atoms with Gasteiger partial charge in [0.1, 0.15) is 5.65 Å². The summed E-state index contributed by atoms with van der Waals surface area (Å²) >= 11 is 0. The van der Waals surface area contributed by atoms with E-state index in [1.165, 1.54) is 5.56 Å². The first kappa shape index (κ1) is 13.1. The Morgan fingerprint density at radius 1 is 1.50 bits per heavy atom. The minimum Gasteiger partial charge on any atom is -0.394 e. The van der Waals surface area contributed by atoms with Crippen molar-refractivity contribution in [1.82, 2.24) is 14.7 Å². The topological polar surface area (TPSA) is 49.6 Å². The molecular weight excluding hydrogens is 226 g/mol. The summed E-state index contributed by atoms with van der Waals surface area (Å²) in [7, 11) is 0. The number of hydrogen-bond acceptors (Lipinski definition) is 3. The fourth-order valence-corrected chi connectivity index (χ4v) is 1.86. The second-order valence-corrected chi connectivity index (χ2v) is 5.11. The summed E-state index contributed by atoms with van der Waals surface area (Å²) in [6, 6.07) is 4.14. The van der Waals surface area contributed by atoms with Crippen molar-refractivity contribution in [3.8, 4) is 0 Å². The lowest BCUT2D eigenvalue weighted by Crippen LogP contribution is -2.44. The first-order valence-corrected chi connectivity index (χ1v) is 6.36. The number of pyridine rings is 1. The molecule has 0 saturated heterocycles. The van der Waals surface area contributed by atoms with Crippen LogP contribution in [-0.4, -0.2) is 26.6 Å². The van der Waals surface area contributed by atoms with Gasteiger partial charge in [-0.1, -0.05) is 6.92 Å². The van der Waals surface area contributed by atoms with Crippen LogP contribution in [0, 0.1) is 6.92 Å². The minimum atomic E-state index is -0.227. The van der Waals surface area contributed by atoms with Gasteiger partial charge >= 0.3 is 0 Å². The van der Waals surface area contributed by atoms with E-state index < -0.39 is 0 Å². The van der Waals surface area contributed by atoms with Gasteiger partial charge in [-0.3, -0.25) is 0 Å². The van der Waals surface area contributed by atoms with Crippen LogP contribution in [-0.2, 0) is 6.54 Å². The summed E-state index contributed by atoms with van der Waals surface area (Å²) in [5, 5.41) is 12.8. The van der Waals surface area contributed by atoms with Crippen molar-refractivity contribution >= 4 is 5.65 Å². The average molecular weight is 247 g/mol. The molecule has 2 rings (SSSR count). The predicted molar refractivity (Wildman–Crippen MR) is 72.6 cm³/mol. The highest BCUT2D eigenvalue weighted by Crippen LogP contribution is 2.12. The van der Waals surface area contributed by atoms with Crippen LogP contribution in [0.15, 0.2) is 24.5 Å². The number of rotatable bonds is 5. The van der Waals surface area contributed by atoms with Crippen LogP contribution >= 0.6 is 0 Å². The van der Waals surface area contributed by atoms with Crippen molar-refractivity contribution in [3.05, 3.63) is 35.8 Å². The van der Waals surface area contributed by atoms with E-state index >= 15 is 0 Å². The standard InChI is InChI=1S/C14H21N3O/c1-4-14(3,10-18)16-9-12-8-15-13-7-11(2)5-6-17(12)13/h5-8,16,18H,4,9-10H2,1-3H3. The molecule has 0 fully saturated rings. The zero-order valence-corrected chi connectivity index (χ0v) is 11.3. The van der Waals surface area contributed by atoms with Crippen molar-refractivity contribution < 1.29 is 5.11 Å². The molecule has 0 aromatic carbocycles. The Bertz CT molecular complexity index is 529. The van der Waals surface area contributed by atoms with Crippen molar-refractivity contribution in [1.29, 1.82) is 0 Å². The molecule has 0 bridgehead atoms. The molecular formula is C14H21N3O. The van der Waals surface area contributed by atoms with Crippen LogP contribution < -0.4 is 5.32 Å². The summed E-state index contributed by atoms with van der Waals surface area (Å²) < 4.78 is 2.08. The molecule has 2 aromatic heterocycles. The normalized spacial score (nSPS) is 14.9. The molecule has 0 radical (unpaired) electrons. The number of nitrogens with one attached hydrogen (secondary N) is 1. The number of aliphatic hydroxyl groups is 1. The van der Waals surface area contributed by atoms with Crippen LogP contribution in [0.2, 0.25) is 0 Å². The molecule has 0 saturated carbocycles. The monoisotopic (exact) mass is 247 g/mol. The van der Waals surface area contributed by atoms with E-state index in [0.29, 0.717) is 6.54 Å². The van der Waals surface area contributed by atoms with E-state index in [4.69, 9.17) is 0 Å². The number of fused-ring (bicyclic) bond motifs is 1. The number of aromatic nitrogens is 2. The van der Waals surface area contributed by atoms with Gasteiger partial charge in [0, 0.05) is 18.3 Å². The van der Waals surface area contributed by atoms with Crippen molar-refractivity contribution in [2.75, 3.05) is 6.61 Å². The molecule has 2 N–H and O–H groups in total. The SMILES string of the molecule is CCC(C)(CO)NCc1cnc2cc(C)ccn12. The highest BCUT2D eigenvalue weighted by molar-refractivity contribution is 5.42. The zero-order chi connectivity index (χ0) is 13.2. The second kappa shape index (κ2) is 5.08. The summed E-state index contributed by atoms with van der Waals surface area (Å²) in [5.41, 5.74) is 3.06. The molecule has 0 spiro atoms. The van der Waals surface area contributed by atoms with Crippen LogP contribution in [0.3, 0.4) is 0 Å². The van der Waals surface area contributed by atoms with Crippen LogP contribution in [0.5, 0.6) is 0 Å². The van der Waals surface area contributed by atoms with Crippen molar-refractivity contribution in [2.45, 2.75) is 39.3 Å². The van der Waals surface area contributed by atoms with E-state index in [-0.39, 0.29) is 12.1 Å². The molecule has 18 heavy (non-hydrogen) atoms. The Labute approximate surface area is 108 Å². The number of imidazole rings is 1. The van der Waals surface area contributed by atoms with Gasteiger partial charge in [0.25, 0.3) is 0 Å². The molecule has 4 nitrogen and oxygen atoms in total. The highest BCUT2D eigenvalue weighted by atomic mass is 16.3. The number of aliphatic hydroxyl groups excluding tert-OH is 1. The molecule has 2 heterocycles. The molecule has 0 aliphatic carbocycles. The summed E-state index contributed by atoms with van der Waals surface area (Å²) in [4.78, 5) is 4.39. The first-order valence-electron chi connectivity index (χ1n) is 6.36. The van der Waals surface area contributed by atoms with E-state index in [0.717, 1.165) is 17.8 Å². The van der Waals surface area contributed by atoms with E-state index in [1.54, 1.807) is 0 Å². The zero-order valence-electron chi connectivity index (χ0n) is 11.3. The predicted octanol–water partition coefficient (Wildman–Crippen LogP) is 1.89. The third kappa shape index (κ3) is 2.54. The van der Waals surface area contributed by atoms with Gasteiger partial charge in [0.05, 0.1) is 18.5 Å². The van der Waals surface area contributed by atoms with Crippen molar-refractivity contribution in [2.24, 2.45) is 0 Å². The lowest BCUT2D eigenvalue weighted by molar-refractivity contribution is 0.168. The minimum absolute atomic E-state index is 0.138. The maximum Gasteiger partial charge on any atom is 0.137 e. The van der Waals surface area contributed by atoms with Gasteiger partial charge in [-0.15, -0.1) is 0 Å². The Morgan fingerprint density at radius 3 is 2.94 bits per heavy atom. The number of nitrogens with zero attached hydrogens (tertiary/aromatic N) is 2. The molecule has 2 aromatic rings. The molecule has 1 atom stereocenters. The van der Waals surface area contributed by atoms with Gasteiger partial charge in [0.15, 0.2) is 0 Å². The third-order valence-electron chi connectivity index (χ3n) is 3.57. The van der Waals surface area contributed by atoms with Gasteiger partial charge in [0.2, 0.25) is 0 Å². The molecule has 0 aliphatic heterocycles. The summed E-state index contributed by atoms with van der Waals surface area (Å²) in [6.07, 6.45) is 4.81. The van der Waals surface area contributed by atoms with Gasteiger partial charge in [-0.05, 0) is 38.0 Å². The first-order chi connectivity index (χ1) is 8.58. The molecule has 1 unspecified atom stereocenters. The largest absolute Gasteiger partial charge is 0.394 e. The van der Waals surface area contributed by atoms with Crippen LogP contribution in [0.25, 0.3) is 5.65 Å². The lowest BCUT2D eigenvalue weighted by atomic mass is 10.0. The fraction of sp³-hybridized carbons (Fsp3) is 0.500. The summed E-state index contributed by atoms with van der Waals surface area (Å²) in [5.74, 6) is 0. The smallest absolute Gasteiger partial charge is 0.137 e. The molecule has 0 aliphatic rings. The average Bonchev–Trinajstić information content (AvgIpc) is 2.78. The van der Waals surface area contributed by atoms with E-state index in [9.17, 15) is 5.11 Å². The second-order valence-electron chi connectivity index (χ2n) is 5.11. The van der Waals surface area contributed by atoms with Gasteiger partial charge < -0.3 is 14.8 Å². The molecule has 0 amide bonds. The highest BCUT2D eigenvalue weighted by Gasteiger charge is 2.20. The Hall–Kier alpha value is -1.39. The Kier molecular flexibility index (Phi) is 3.68. The fourth-order valence-electron chi connectivity index (χ4n) is 1.86. The summed E-state index contributed by atoms with van der Waals surface area (Å²) in [6.45, 7) is 7.00. The quantitative estimate of drug-likeness (QED) is 0.848.